The Labute approximate surface area is 142 Å². The molecule has 0 N–H and O–H groups in total. The molecular formula is C20H23NOS. The van der Waals surface area contributed by atoms with Gasteiger partial charge in [0.1, 0.15) is 5.76 Å². The molecule has 0 saturated heterocycles. The molecule has 0 amide bonds. The summed E-state index contributed by atoms with van der Waals surface area (Å²) < 4.78 is 8.02. The number of unbranched alkanes of at least 4 members (excludes halogenated alkanes) is 1. The Balaban J connectivity index is 1.93. The highest BCUT2D eigenvalue weighted by Crippen LogP contribution is 2.36. The van der Waals surface area contributed by atoms with Crippen LogP contribution in [-0.2, 0) is 6.54 Å². The zero-order valence-corrected chi connectivity index (χ0v) is 14.6. The summed E-state index contributed by atoms with van der Waals surface area (Å²) in [4.78, 5) is 1.32. The van der Waals surface area contributed by atoms with Crippen LogP contribution in [0.4, 0.5) is 0 Å². The van der Waals surface area contributed by atoms with Crippen molar-refractivity contribution < 1.29 is 4.42 Å². The first-order valence-electron chi connectivity index (χ1n) is 8.20. The maximum atomic E-state index is 5.68. The molecule has 120 valence electrons. The Morgan fingerprint density at radius 3 is 2.61 bits per heavy atom. The van der Waals surface area contributed by atoms with Crippen LogP contribution in [0, 0.1) is 6.92 Å². The lowest BCUT2D eigenvalue weighted by Gasteiger charge is -2.07. The quantitative estimate of drug-likeness (QED) is 0.392. The molecule has 0 aliphatic rings. The van der Waals surface area contributed by atoms with Gasteiger partial charge in [0.25, 0.3) is 0 Å². The minimum Gasteiger partial charge on any atom is -0.464 e. The lowest BCUT2D eigenvalue weighted by atomic mass is 10.2. The number of aromatic nitrogens is 1. The van der Waals surface area contributed by atoms with Crippen LogP contribution in [0.15, 0.2) is 64.2 Å². The highest BCUT2D eigenvalue weighted by atomic mass is 32.2. The predicted octanol–water partition coefficient (Wildman–Crippen LogP) is 6.00. The second-order valence-corrected chi connectivity index (χ2v) is 6.88. The highest BCUT2D eigenvalue weighted by Gasteiger charge is 2.17. The third-order valence-electron chi connectivity index (χ3n) is 4.03. The van der Waals surface area contributed by atoms with E-state index < -0.39 is 0 Å². The third kappa shape index (κ3) is 3.73. The molecule has 23 heavy (non-hydrogen) atoms. The van der Waals surface area contributed by atoms with Gasteiger partial charge >= 0.3 is 0 Å². The van der Waals surface area contributed by atoms with Crippen molar-refractivity contribution in [2.45, 2.75) is 38.1 Å². The normalized spacial score (nSPS) is 11.0. The van der Waals surface area contributed by atoms with Crippen LogP contribution in [0.1, 0.15) is 31.0 Å². The van der Waals surface area contributed by atoms with Gasteiger partial charge < -0.3 is 8.98 Å². The van der Waals surface area contributed by atoms with Crippen molar-refractivity contribution in [3.8, 4) is 11.3 Å². The summed E-state index contributed by atoms with van der Waals surface area (Å²) in [6, 6.07) is 14.6. The number of hydrogen-bond acceptors (Lipinski definition) is 2. The number of benzene rings is 1. The zero-order chi connectivity index (χ0) is 16.1. The minimum absolute atomic E-state index is 0.898. The lowest BCUT2D eigenvalue weighted by Crippen LogP contribution is -2.00. The third-order valence-corrected chi connectivity index (χ3v) is 5.14. The van der Waals surface area contributed by atoms with Crippen molar-refractivity contribution in [3.63, 3.8) is 0 Å². The van der Waals surface area contributed by atoms with Crippen molar-refractivity contribution >= 4 is 11.8 Å². The smallest absolute Gasteiger partial charge is 0.136 e. The standard InChI is InChI=1S/C20H23NOS/c1-3-4-13-23-19-15-21(14-17-9-6-5-7-10-17)16(2)20(19)18-11-8-12-22-18/h5-12,15H,3-4,13-14H2,1-2H3. The second-order valence-electron chi connectivity index (χ2n) is 5.75. The highest BCUT2D eigenvalue weighted by molar-refractivity contribution is 7.99. The number of thioether (sulfide) groups is 1. The van der Waals surface area contributed by atoms with E-state index in [0.717, 1.165) is 18.1 Å². The zero-order valence-electron chi connectivity index (χ0n) is 13.8. The molecule has 0 saturated carbocycles. The molecule has 0 aliphatic carbocycles. The summed E-state index contributed by atoms with van der Waals surface area (Å²) in [6.45, 7) is 5.32. The van der Waals surface area contributed by atoms with E-state index in [1.54, 1.807) is 6.26 Å². The van der Waals surface area contributed by atoms with E-state index >= 15 is 0 Å². The largest absolute Gasteiger partial charge is 0.464 e. The van der Waals surface area contributed by atoms with Crippen molar-refractivity contribution in [2.75, 3.05) is 5.75 Å². The van der Waals surface area contributed by atoms with E-state index in [9.17, 15) is 0 Å². The van der Waals surface area contributed by atoms with Crippen LogP contribution in [0.3, 0.4) is 0 Å². The summed E-state index contributed by atoms with van der Waals surface area (Å²) in [5.74, 6) is 2.12. The van der Waals surface area contributed by atoms with Gasteiger partial charge in [0.05, 0.1) is 11.8 Å². The SMILES string of the molecule is CCCCSc1cn(Cc2ccccc2)c(C)c1-c1ccco1. The molecule has 0 bridgehead atoms. The van der Waals surface area contributed by atoms with E-state index in [1.165, 1.54) is 34.6 Å². The van der Waals surface area contributed by atoms with E-state index in [0.29, 0.717) is 0 Å². The topological polar surface area (TPSA) is 18.1 Å². The first-order chi connectivity index (χ1) is 11.3. The molecule has 0 unspecified atom stereocenters. The van der Waals surface area contributed by atoms with E-state index in [2.05, 4.69) is 61.0 Å². The van der Waals surface area contributed by atoms with Gasteiger partial charge in [-0.15, -0.1) is 11.8 Å². The number of nitrogens with zero attached hydrogens (tertiary/aromatic N) is 1. The lowest BCUT2D eigenvalue weighted by molar-refractivity contribution is 0.580. The van der Waals surface area contributed by atoms with Crippen molar-refractivity contribution in [3.05, 3.63) is 66.2 Å². The molecule has 3 rings (SSSR count). The Morgan fingerprint density at radius 1 is 1.09 bits per heavy atom. The van der Waals surface area contributed by atoms with Crippen LogP contribution in [0.5, 0.6) is 0 Å². The van der Waals surface area contributed by atoms with Crippen LogP contribution in [0.25, 0.3) is 11.3 Å². The van der Waals surface area contributed by atoms with Gasteiger partial charge in [-0.2, -0.15) is 0 Å². The fourth-order valence-corrected chi connectivity index (χ4v) is 3.97. The molecule has 3 heteroatoms. The molecular weight excluding hydrogens is 302 g/mol. The fourth-order valence-electron chi connectivity index (χ4n) is 2.73. The number of hydrogen-bond donors (Lipinski definition) is 0. The summed E-state index contributed by atoms with van der Waals surface area (Å²) in [6.07, 6.45) is 6.50. The van der Waals surface area contributed by atoms with E-state index in [4.69, 9.17) is 4.42 Å². The minimum atomic E-state index is 0.898. The maximum Gasteiger partial charge on any atom is 0.136 e. The molecule has 3 aromatic rings. The first-order valence-corrected chi connectivity index (χ1v) is 9.18. The van der Waals surface area contributed by atoms with Crippen LogP contribution < -0.4 is 0 Å². The molecule has 2 nitrogen and oxygen atoms in total. The first kappa shape index (κ1) is 16.0. The van der Waals surface area contributed by atoms with E-state index in [1.807, 2.05) is 17.8 Å². The van der Waals surface area contributed by atoms with Crippen molar-refractivity contribution in [2.24, 2.45) is 0 Å². The van der Waals surface area contributed by atoms with Crippen molar-refractivity contribution in [1.82, 2.24) is 4.57 Å². The van der Waals surface area contributed by atoms with Gasteiger partial charge in [-0.3, -0.25) is 0 Å². The molecule has 0 radical (unpaired) electrons. The fraction of sp³-hybridized carbons (Fsp3) is 0.300. The van der Waals surface area contributed by atoms with Crippen molar-refractivity contribution in [1.29, 1.82) is 0 Å². The molecule has 0 atom stereocenters. The van der Waals surface area contributed by atoms with Crippen LogP contribution >= 0.6 is 11.8 Å². The summed E-state index contributed by atoms with van der Waals surface area (Å²) in [7, 11) is 0. The molecule has 2 aromatic heterocycles. The molecule has 0 fully saturated rings. The van der Waals surface area contributed by atoms with Gasteiger partial charge in [0.2, 0.25) is 0 Å². The average molecular weight is 325 g/mol. The summed E-state index contributed by atoms with van der Waals surface area (Å²) in [5.41, 5.74) is 3.83. The second kappa shape index (κ2) is 7.60. The average Bonchev–Trinajstić information content (AvgIpc) is 3.18. The predicted molar refractivity (Wildman–Crippen MR) is 98.0 cm³/mol. The number of rotatable bonds is 7. The Morgan fingerprint density at radius 2 is 1.91 bits per heavy atom. The van der Waals surface area contributed by atoms with Gasteiger partial charge in [0, 0.05) is 23.3 Å². The Kier molecular flexibility index (Phi) is 5.29. The summed E-state index contributed by atoms with van der Waals surface area (Å²) >= 11 is 1.93. The summed E-state index contributed by atoms with van der Waals surface area (Å²) in [5, 5.41) is 0. The van der Waals surface area contributed by atoms with Gasteiger partial charge in [-0.25, -0.2) is 0 Å². The van der Waals surface area contributed by atoms with Crippen LogP contribution in [0.2, 0.25) is 0 Å². The number of furan rings is 1. The molecule has 0 spiro atoms. The molecule has 0 aliphatic heterocycles. The molecule has 1 aromatic carbocycles. The molecule has 2 heterocycles. The Hall–Kier alpha value is -1.87. The van der Waals surface area contributed by atoms with Gasteiger partial charge in [0.15, 0.2) is 0 Å². The van der Waals surface area contributed by atoms with Crippen LogP contribution in [-0.4, -0.2) is 10.3 Å². The maximum absolute atomic E-state index is 5.68. The van der Waals surface area contributed by atoms with Gasteiger partial charge in [-0.1, -0.05) is 43.7 Å². The Bertz CT molecular complexity index is 729. The van der Waals surface area contributed by atoms with Gasteiger partial charge in [-0.05, 0) is 36.8 Å². The monoisotopic (exact) mass is 325 g/mol. The van der Waals surface area contributed by atoms with E-state index in [-0.39, 0.29) is 0 Å².